The number of piperidine rings is 2. The molecular weight excluding hydrogens is 606 g/mol. The minimum absolute atomic E-state index is 0.0913. The fourth-order valence-corrected chi connectivity index (χ4v) is 7.29. The van der Waals surface area contributed by atoms with E-state index in [1.54, 1.807) is 17.0 Å². The van der Waals surface area contributed by atoms with E-state index >= 15 is 0 Å². The normalized spacial score (nSPS) is 20.0. The quantitative estimate of drug-likeness (QED) is 0.203. The summed E-state index contributed by atoms with van der Waals surface area (Å²) in [5.74, 6) is -0.249. The largest absolute Gasteiger partial charge is 0.483 e. The first-order valence-corrected chi connectivity index (χ1v) is 16.8. The lowest BCUT2D eigenvalue weighted by atomic mass is 9.93. The van der Waals surface area contributed by atoms with Crippen LogP contribution in [0.3, 0.4) is 0 Å². The minimum atomic E-state index is -0.762. The molecule has 3 fully saturated rings. The van der Waals surface area contributed by atoms with Crippen LogP contribution in [0.5, 0.6) is 5.75 Å². The van der Waals surface area contributed by atoms with Gasteiger partial charge in [-0.25, -0.2) is 4.31 Å². The van der Waals surface area contributed by atoms with Crippen molar-refractivity contribution in [3.05, 3.63) is 59.2 Å². The van der Waals surface area contributed by atoms with Crippen LogP contribution in [0, 0.1) is 12.8 Å². The highest BCUT2D eigenvalue weighted by Gasteiger charge is 2.36. The lowest BCUT2D eigenvalue weighted by molar-refractivity contribution is -0.143. The smallest absolute Gasteiger partial charge is 0.260 e. The van der Waals surface area contributed by atoms with Gasteiger partial charge >= 0.3 is 0 Å². The number of benzene rings is 2. The predicted octanol–water partition coefficient (Wildman–Crippen LogP) is 3.65. The van der Waals surface area contributed by atoms with Crippen molar-refractivity contribution in [1.29, 1.82) is 0 Å². The van der Waals surface area contributed by atoms with Crippen LogP contribution in [-0.4, -0.2) is 82.0 Å². The molecule has 5 amide bonds. The van der Waals surface area contributed by atoms with Crippen LogP contribution in [-0.2, 0) is 36.3 Å². The topological polar surface area (TPSA) is 128 Å². The highest BCUT2D eigenvalue weighted by Crippen LogP contribution is 2.35. The van der Waals surface area contributed by atoms with E-state index in [-0.39, 0.29) is 55.2 Å². The molecule has 0 spiro atoms. The van der Waals surface area contributed by atoms with Crippen molar-refractivity contribution in [1.82, 2.24) is 19.4 Å². The maximum Gasteiger partial charge on any atom is 0.260 e. The predicted molar refractivity (Wildman–Crippen MR) is 176 cm³/mol. The molecule has 0 aliphatic carbocycles. The molecule has 2 aromatic rings. The Labute approximate surface area is 274 Å². The van der Waals surface area contributed by atoms with Crippen molar-refractivity contribution in [3.63, 3.8) is 0 Å². The first-order chi connectivity index (χ1) is 22.0. The van der Waals surface area contributed by atoms with E-state index in [4.69, 9.17) is 4.74 Å². The van der Waals surface area contributed by atoms with Crippen LogP contribution in [0.2, 0.25) is 0 Å². The van der Waals surface area contributed by atoms with Crippen LogP contribution in [0.25, 0.3) is 0 Å². The van der Waals surface area contributed by atoms with Crippen molar-refractivity contribution < 1.29 is 28.7 Å². The molecule has 46 heavy (non-hydrogen) atoms. The van der Waals surface area contributed by atoms with Crippen LogP contribution in [0.4, 0.5) is 5.69 Å². The van der Waals surface area contributed by atoms with E-state index < -0.39 is 11.9 Å². The average molecular weight is 650 g/mol. The average Bonchev–Trinajstić information content (AvgIpc) is 2.99. The number of hydrogen-bond acceptors (Lipinski definition) is 8. The monoisotopic (exact) mass is 649 g/mol. The number of anilines is 1. The molecule has 3 saturated heterocycles. The zero-order chi connectivity index (χ0) is 32.8. The summed E-state index contributed by atoms with van der Waals surface area (Å²) in [7, 11) is 0. The van der Waals surface area contributed by atoms with E-state index in [0.717, 1.165) is 29.1 Å². The van der Waals surface area contributed by atoms with Gasteiger partial charge in [0, 0.05) is 48.6 Å². The minimum Gasteiger partial charge on any atom is -0.483 e. The molecule has 1 unspecified atom stereocenters. The van der Waals surface area contributed by atoms with Crippen LogP contribution >= 0.6 is 11.9 Å². The van der Waals surface area contributed by atoms with Gasteiger partial charge in [-0.15, -0.1) is 0 Å². The van der Waals surface area contributed by atoms with Gasteiger partial charge in [0.25, 0.3) is 5.91 Å². The van der Waals surface area contributed by atoms with Gasteiger partial charge in [0.2, 0.25) is 24.1 Å². The lowest BCUT2D eigenvalue weighted by Crippen LogP contribution is -2.55. The summed E-state index contributed by atoms with van der Waals surface area (Å²) in [6, 6.07) is 12.5. The summed E-state index contributed by atoms with van der Waals surface area (Å²) in [5.41, 5.74) is 3.60. The number of nitrogens with zero attached hydrogens (tertiary/aromatic N) is 3. The number of likely N-dealkylation sites (tertiary alicyclic amines) is 1. The fourth-order valence-electron chi connectivity index (χ4n) is 6.11. The van der Waals surface area contributed by atoms with E-state index in [1.807, 2.05) is 43.1 Å². The van der Waals surface area contributed by atoms with Gasteiger partial charge < -0.3 is 19.9 Å². The first kappa shape index (κ1) is 33.5. The molecule has 2 N–H and O–H groups in total. The molecule has 1 atom stereocenters. The van der Waals surface area contributed by atoms with Gasteiger partial charge in [0.15, 0.2) is 6.61 Å². The fraction of sp³-hybridized carbons (Fsp3) is 0.500. The molecule has 3 aliphatic rings. The zero-order valence-electron chi connectivity index (χ0n) is 26.8. The third-order valence-corrected chi connectivity index (χ3v) is 10.5. The third-order valence-electron chi connectivity index (χ3n) is 9.07. The molecule has 0 bridgehead atoms. The Bertz CT molecular complexity index is 1480. The second-order valence-corrected chi connectivity index (χ2v) is 13.9. The SMILES string of the molecule is Cc1cccc(OCC(=O)N2CC(C(=O)Nc3cccc(CSN4CCCCC4(C)C)c3)C2)c1CN(C=O)C1CCC(=O)NC1=O. The van der Waals surface area contributed by atoms with Crippen LogP contribution in [0.15, 0.2) is 42.5 Å². The van der Waals surface area contributed by atoms with Gasteiger partial charge in [-0.3, -0.25) is 29.3 Å². The number of hydrogen-bond donors (Lipinski definition) is 2. The Morgan fingerprint density at radius 1 is 1.15 bits per heavy atom. The second-order valence-electron chi connectivity index (χ2n) is 12.9. The summed E-state index contributed by atoms with van der Waals surface area (Å²) in [5, 5.41) is 5.29. The maximum atomic E-state index is 13.0. The molecule has 2 aromatic carbocycles. The summed E-state index contributed by atoms with van der Waals surface area (Å²) in [4.78, 5) is 64.6. The first-order valence-electron chi connectivity index (χ1n) is 15.9. The molecule has 11 nitrogen and oxygen atoms in total. The molecule has 0 aromatic heterocycles. The number of rotatable bonds is 12. The molecule has 0 radical (unpaired) electrons. The van der Waals surface area contributed by atoms with Gasteiger partial charge in [-0.1, -0.05) is 42.6 Å². The van der Waals surface area contributed by atoms with E-state index in [2.05, 4.69) is 34.9 Å². The summed E-state index contributed by atoms with van der Waals surface area (Å²) in [6.45, 7) is 8.02. The van der Waals surface area contributed by atoms with Crippen LogP contribution < -0.4 is 15.4 Å². The molecule has 0 saturated carbocycles. The van der Waals surface area contributed by atoms with Crippen molar-refractivity contribution >= 4 is 47.7 Å². The van der Waals surface area contributed by atoms with Crippen molar-refractivity contribution in [3.8, 4) is 5.75 Å². The highest BCUT2D eigenvalue weighted by molar-refractivity contribution is 7.96. The molecule has 12 heteroatoms. The van der Waals surface area contributed by atoms with E-state index in [1.165, 1.54) is 24.2 Å². The number of aryl methyl sites for hydroxylation is 1. The van der Waals surface area contributed by atoms with Gasteiger partial charge in [0.05, 0.1) is 12.5 Å². The molecular formula is C34H43N5O6S. The summed E-state index contributed by atoms with van der Waals surface area (Å²) in [6.07, 6.45) is 4.69. The number of ether oxygens (including phenoxy) is 1. The number of imide groups is 1. The lowest BCUT2D eigenvalue weighted by Gasteiger charge is -2.41. The van der Waals surface area contributed by atoms with Gasteiger partial charge in [0.1, 0.15) is 11.8 Å². The molecule has 5 rings (SSSR count). The van der Waals surface area contributed by atoms with Crippen molar-refractivity contribution in [2.24, 2.45) is 5.92 Å². The summed E-state index contributed by atoms with van der Waals surface area (Å²) < 4.78 is 8.38. The van der Waals surface area contributed by atoms with E-state index in [9.17, 15) is 24.0 Å². The Hall–Kier alpha value is -3.90. The van der Waals surface area contributed by atoms with Crippen LogP contribution in [0.1, 0.15) is 62.6 Å². The molecule has 246 valence electrons. The number of carbonyl (C=O) groups excluding carboxylic acids is 5. The molecule has 3 heterocycles. The Kier molecular flexibility index (Phi) is 10.7. The molecule has 3 aliphatic heterocycles. The Morgan fingerprint density at radius 2 is 1.93 bits per heavy atom. The standard InChI is InChI=1S/C34H43N5O6S/c1-23-8-6-11-29(27(23)19-38(22-40)28-12-13-30(41)36-33(28)44)45-20-31(42)37-17-25(18-37)32(43)35-26-10-7-9-24(16-26)21-46-39-15-5-4-14-34(39,2)3/h6-11,16,22,25,28H,4-5,12-15,17-21H2,1-3H3,(H,35,43)(H,36,41,44). The van der Waals surface area contributed by atoms with E-state index in [0.29, 0.717) is 30.8 Å². The van der Waals surface area contributed by atoms with Gasteiger partial charge in [-0.05, 0) is 69.4 Å². The van der Waals surface area contributed by atoms with Crippen molar-refractivity contribution in [2.45, 2.75) is 76.8 Å². The number of carbonyl (C=O) groups is 5. The Balaban J connectivity index is 1.09. The summed E-state index contributed by atoms with van der Waals surface area (Å²) >= 11 is 1.85. The third kappa shape index (κ3) is 8.08. The highest BCUT2D eigenvalue weighted by atomic mass is 32.2. The number of amides is 5. The Morgan fingerprint density at radius 3 is 2.67 bits per heavy atom. The number of nitrogens with one attached hydrogen (secondary N) is 2. The second kappa shape index (κ2) is 14.7. The maximum absolute atomic E-state index is 13.0. The van der Waals surface area contributed by atoms with Gasteiger partial charge in [-0.2, -0.15) is 0 Å². The zero-order valence-corrected chi connectivity index (χ0v) is 27.6. The van der Waals surface area contributed by atoms with Crippen molar-refractivity contribution in [2.75, 3.05) is 31.6 Å².